The highest BCUT2D eigenvalue weighted by Crippen LogP contribution is 2.31. The monoisotopic (exact) mass is 456 g/mol. The van der Waals surface area contributed by atoms with E-state index in [0.29, 0.717) is 5.69 Å². The molecule has 2 rings (SSSR count). The van der Waals surface area contributed by atoms with E-state index in [4.69, 9.17) is 34.8 Å². The number of carbonyl (C=O) groups excluding carboxylic acids is 1. The minimum atomic E-state index is -3.76. The Bertz CT molecular complexity index is 837. The van der Waals surface area contributed by atoms with Crippen LogP contribution in [0.1, 0.15) is 13.3 Å². The summed E-state index contributed by atoms with van der Waals surface area (Å²) in [5, 5.41) is 7.33. The molecule has 0 aliphatic heterocycles. The minimum Gasteiger partial charge on any atom is -0.362 e. The van der Waals surface area contributed by atoms with Crippen LogP contribution in [0.3, 0.4) is 0 Å². The Balaban J connectivity index is 2.13. The molecule has 0 fully saturated rings. The van der Waals surface area contributed by atoms with Crippen molar-refractivity contribution in [1.82, 2.24) is 10.3 Å². The first-order valence-electron chi connectivity index (χ1n) is 7.27. The lowest BCUT2D eigenvalue weighted by Gasteiger charge is -2.27. The van der Waals surface area contributed by atoms with Crippen LogP contribution >= 0.6 is 46.1 Å². The molecule has 3 N–H and O–H groups in total. The minimum absolute atomic E-state index is 0.0428. The van der Waals surface area contributed by atoms with Gasteiger partial charge in [-0.2, -0.15) is 0 Å². The van der Waals surface area contributed by atoms with Crippen molar-refractivity contribution in [2.45, 2.75) is 28.2 Å². The average Bonchev–Trinajstić information content (AvgIpc) is 3.06. The topological polar surface area (TPSA) is 100 Å². The van der Waals surface area contributed by atoms with Crippen molar-refractivity contribution < 1.29 is 13.2 Å². The third-order valence-corrected chi connectivity index (χ3v) is 5.91. The molecule has 7 nitrogen and oxygen atoms in total. The summed E-state index contributed by atoms with van der Waals surface area (Å²) in [6.07, 6.45) is 0.728. The van der Waals surface area contributed by atoms with Gasteiger partial charge in [-0.15, -0.1) is 11.3 Å². The van der Waals surface area contributed by atoms with Gasteiger partial charge >= 0.3 is 0 Å². The number of amides is 1. The molecule has 2 aromatic rings. The fourth-order valence-electron chi connectivity index (χ4n) is 1.81. The molecule has 0 aliphatic carbocycles. The van der Waals surface area contributed by atoms with Crippen molar-refractivity contribution in [2.75, 3.05) is 10.0 Å². The molecule has 1 heterocycles. The summed E-state index contributed by atoms with van der Waals surface area (Å²) in [6.45, 7) is 1.67. The molecule has 0 spiro atoms. The molecular weight excluding hydrogens is 443 g/mol. The molecule has 0 bridgehead atoms. The molecule has 0 saturated heterocycles. The van der Waals surface area contributed by atoms with Gasteiger partial charge in [-0.1, -0.05) is 41.7 Å². The van der Waals surface area contributed by atoms with E-state index in [1.54, 1.807) is 12.3 Å². The van der Waals surface area contributed by atoms with E-state index in [1.807, 2.05) is 0 Å². The number of hydrogen-bond donors (Lipinski definition) is 3. The van der Waals surface area contributed by atoms with Crippen molar-refractivity contribution in [1.29, 1.82) is 0 Å². The summed E-state index contributed by atoms with van der Waals surface area (Å²) in [6, 6.07) is 5.76. The first kappa shape index (κ1) is 21.0. The van der Waals surface area contributed by atoms with Crippen molar-refractivity contribution in [2.24, 2.45) is 0 Å². The zero-order valence-electron chi connectivity index (χ0n) is 13.4. The zero-order chi connectivity index (χ0) is 19.4. The number of nitrogens with one attached hydrogen (secondary N) is 3. The van der Waals surface area contributed by atoms with E-state index >= 15 is 0 Å². The largest absolute Gasteiger partial charge is 0.362 e. The van der Waals surface area contributed by atoms with Crippen molar-refractivity contribution in [3.05, 3.63) is 35.8 Å². The van der Waals surface area contributed by atoms with Gasteiger partial charge < -0.3 is 10.6 Å². The molecule has 0 radical (unpaired) electrons. The van der Waals surface area contributed by atoms with Crippen molar-refractivity contribution >= 4 is 72.9 Å². The standard InChI is InChI=1S/C14H15Cl3N4O3S2/c1-2-11(22)20-12(14(15,16)17)19-9-3-5-10(6-4-9)26(23,24)21-13-18-7-8-25-13/h3-8,12,19H,2H2,1H3,(H,18,21)(H,20,22)/t12-/m0/s1. The number of nitrogens with zero attached hydrogens (tertiary/aromatic N) is 1. The zero-order valence-corrected chi connectivity index (χ0v) is 17.3. The van der Waals surface area contributed by atoms with E-state index in [0.717, 1.165) is 0 Å². The third kappa shape index (κ3) is 5.88. The van der Waals surface area contributed by atoms with Crippen LogP contribution in [0.2, 0.25) is 0 Å². The number of anilines is 2. The molecule has 12 heteroatoms. The second-order valence-corrected chi connectivity index (χ2v) is 9.95. The van der Waals surface area contributed by atoms with Crippen LogP contribution < -0.4 is 15.4 Å². The molecule has 142 valence electrons. The van der Waals surface area contributed by atoms with E-state index in [-0.39, 0.29) is 22.4 Å². The first-order valence-corrected chi connectivity index (χ1v) is 10.8. The lowest BCUT2D eigenvalue weighted by Crippen LogP contribution is -2.48. The predicted octanol–water partition coefficient (Wildman–Crippen LogP) is 3.58. The number of carbonyl (C=O) groups is 1. The number of sulfonamides is 1. The van der Waals surface area contributed by atoms with E-state index in [9.17, 15) is 13.2 Å². The van der Waals surface area contributed by atoms with Crippen LogP contribution in [-0.2, 0) is 14.8 Å². The molecule has 1 amide bonds. The first-order chi connectivity index (χ1) is 12.1. The Kier molecular flexibility index (Phi) is 6.98. The molecule has 0 saturated carbocycles. The van der Waals surface area contributed by atoms with Crippen molar-refractivity contribution in [3.63, 3.8) is 0 Å². The van der Waals surface area contributed by atoms with Gasteiger partial charge in [0, 0.05) is 23.7 Å². The lowest BCUT2D eigenvalue weighted by molar-refractivity contribution is -0.121. The second-order valence-electron chi connectivity index (χ2n) is 5.01. The van der Waals surface area contributed by atoms with Gasteiger partial charge in [0.15, 0.2) is 5.13 Å². The summed E-state index contributed by atoms with van der Waals surface area (Å²) in [5.41, 5.74) is 0.464. The summed E-state index contributed by atoms with van der Waals surface area (Å²) < 4.78 is 25.2. The number of aromatic nitrogens is 1. The lowest BCUT2D eigenvalue weighted by atomic mass is 10.3. The average molecular weight is 458 g/mol. The number of alkyl halides is 3. The summed E-state index contributed by atoms with van der Waals surface area (Å²) in [4.78, 5) is 15.5. The van der Waals surface area contributed by atoms with E-state index in [1.165, 1.54) is 41.8 Å². The molecule has 0 unspecified atom stereocenters. The van der Waals surface area contributed by atoms with Gasteiger partial charge in [-0.25, -0.2) is 13.4 Å². The quantitative estimate of drug-likeness (QED) is 0.436. The molecule has 26 heavy (non-hydrogen) atoms. The van der Waals surface area contributed by atoms with Crippen LogP contribution in [0.15, 0.2) is 40.7 Å². The van der Waals surface area contributed by atoms with Gasteiger partial charge in [0.05, 0.1) is 4.90 Å². The second kappa shape index (κ2) is 8.62. The number of thiazole rings is 1. The molecule has 0 aliphatic rings. The Morgan fingerprint density at radius 3 is 2.42 bits per heavy atom. The molecule has 1 aromatic heterocycles. The molecule has 1 atom stereocenters. The fraction of sp³-hybridized carbons (Fsp3) is 0.286. The number of benzene rings is 1. The Morgan fingerprint density at radius 1 is 1.27 bits per heavy atom. The van der Waals surface area contributed by atoms with Gasteiger partial charge in [0.25, 0.3) is 10.0 Å². The highest BCUT2D eigenvalue weighted by Gasteiger charge is 2.33. The maximum absolute atomic E-state index is 12.3. The summed E-state index contributed by atoms with van der Waals surface area (Å²) in [7, 11) is -3.76. The predicted molar refractivity (Wildman–Crippen MR) is 105 cm³/mol. The van der Waals surface area contributed by atoms with E-state index in [2.05, 4.69) is 20.3 Å². The maximum atomic E-state index is 12.3. The Morgan fingerprint density at radius 2 is 1.92 bits per heavy atom. The summed E-state index contributed by atoms with van der Waals surface area (Å²) >= 11 is 18.8. The molecular formula is C14H15Cl3N4O3S2. The van der Waals surface area contributed by atoms with Crippen molar-refractivity contribution in [3.8, 4) is 0 Å². The number of hydrogen-bond acceptors (Lipinski definition) is 6. The third-order valence-electron chi connectivity index (χ3n) is 3.08. The normalized spacial score (nSPS) is 13.1. The van der Waals surface area contributed by atoms with Crippen LogP contribution in [0.5, 0.6) is 0 Å². The van der Waals surface area contributed by atoms with Crippen LogP contribution in [-0.4, -0.2) is 29.3 Å². The van der Waals surface area contributed by atoms with Crippen LogP contribution in [0.4, 0.5) is 10.8 Å². The summed E-state index contributed by atoms with van der Waals surface area (Å²) in [5.74, 6) is -0.305. The smallest absolute Gasteiger partial charge is 0.263 e. The highest BCUT2D eigenvalue weighted by atomic mass is 35.6. The van der Waals surface area contributed by atoms with Crippen LogP contribution in [0.25, 0.3) is 0 Å². The fourth-order valence-corrected chi connectivity index (χ4v) is 3.92. The Labute approximate surface area is 170 Å². The SMILES string of the molecule is CCC(=O)N[C@H](Nc1ccc(S(=O)(=O)Nc2nccs2)cc1)C(Cl)(Cl)Cl. The number of halogens is 3. The van der Waals surface area contributed by atoms with E-state index < -0.39 is 20.0 Å². The maximum Gasteiger partial charge on any atom is 0.263 e. The van der Waals surface area contributed by atoms with Gasteiger partial charge in [-0.3, -0.25) is 9.52 Å². The highest BCUT2D eigenvalue weighted by molar-refractivity contribution is 7.93. The Hall–Kier alpha value is -1.26. The van der Waals surface area contributed by atoms with Gasteiger partial charge in [0.1, 0.15) is 6.17 Å². The number of rotatable bonds is 7. The van der Waals surface area contributed by atoms with Gasteiger partial charge in [-0.05, 0) is 24.3 Å². The van der Waals surface area contributed by atoms with Gasteiger partial charge in [0.2, 0.25) is 9.70 Å². The molecule has 1 aromatic carbocycles. The van der Waals surface area contributed by atoms with Crippen LogP contribution in [0, 0.1) is 0 Å².